The summed E-state index contributed by atoms with van der Waals surface area (Å²) >= 11 is 6.88. The second-order valence-corrected chi connectivity index (χ2v) is 6.75. The molecule has 0 atom stereocenters. The summed E-state index contributed by atoms with van der Waals surface area (Å²) in [4.78, 5) is 4.74. The van der Waals surface area contributed by atoms with Crippen LogP contribution in [0.1, 0.15) is 5.56 Å². The van der Waals surface area contributed by atoms with Crippen LogP contribution in [0.15, 0.2) is 69.6 Å². The number of nitrogens with zero attached hydrogens (tertiary/aromatic N) is 1. The lowest BCUT2D eigenvalue weighted by Crippen LogP contribution is -1.93. The smallest absolute Gasteiger partial charge is 0.0713 e. The predicted molar refractivity (Wildman–Crippen MR) is 96.4 cm³/mol. The Balaban J connectivity index is 2.10. The maximum Gasteiger partial charge on any atom is 0.0713 e. The largest absolute Gasteiger partial charge is 0.392 e. The van der Waals surface area contributed by atoms with Gasteiger partial charge in [0.2, 0.25) is 0 Å². The summed E-state index contributed by atoms with van der Waals surface area (Å²) in [7, 11) is 0. The number of aliphatic hydroxyl groups excluding tert-OH is 1. The van der Waals surface area contributed by atoms with Crippen molar-refractivity contribution < 1.29 is 5.11 Å². The van der Waals surface area contributed by atoms with Crippen molar-refractivity contribution in [3.8, 4) is 22.5 Å². The maximum absolute atomic E-state index is 9.53. The molecule has 2 nitrogen and oxygen atoms in total. The van der Waals surface area contributed by atoms with E-state index in [0.29, 0.717) is 0 Å². The lowest BCUT2D eigenvalue weighted by molar-refractivity contribution is 0.282. The zero-order chi connectivity index (χ0) is 15.5. The van der Waals surface area contributed by atoms with Crippen LogP contribution in [0.2, 0.25) is 0 Å². The number of pyridine rings is 1. The molecule has 2 aromatic carbocycles. The van der Waals surface area contributed by atoms with E-state index >= 15 is 0 Å². The molecule has 1 N–H and O–H groups in total. The number of hydrogen-bond donors (Lipinski definition) is 1. The molecule has 3 rings (SSSR count). The van der Waals surface area contributed by atoms with E-state index in [1.54, 1.807) is 0 Å². The minimum atomic E-state index is -0.00439. The van der Waals surface area contributed by atoms with E-state index in [1.807, 2.05) is 60.7 Å². The minimum Gasteiger partial charge on any atom is -0.392 e. The minimum absolute atomic E-state index is 0.00439. The fraction of sp³-hybridized carbons (Fsp3) is 0.0556. The van der Waals surface area contributed by atoms with Gasteiger partial charge in [-0.05, 0) is 42.0 Å². The van der Waals surface area contributed by atoms with Crippen LogP contribution in [-0.2, 0) is 6.61 Å². The van der Waals surface area contributed by atoms with Gasteiger partial charge in [0.15, 0.2) is 0 Å². The molecule has 22 heavy (non-hydrogen) atoms. The van der Waals surface area contributed by atoms with Crippen molar-refractivity contribution >= 4 is 31.9 Å². The van der Waals surface area contributed by atoms with Crippen LogP contribution in [0.25, 0.3) is 22.5 Å². The van der Waals surface area contributed by atoms with E-state index in [4.69, 9.17) is 4.98 Å². The third kappa shape index (κ3) is 3.46. The molecule has 0 saturated heterocycles. The Kier molecular flexibility index (Phi) is 4.71. The normalized spacial score (nSPS) is 10.7. The lowest BCUT2D eigenvalue weighted by atomic mass is 10.1. The highest BCUT2D eigenvalue weighted by atomic mass is 79.9. The number of aromatic nitrogens is 1. The molecule has 0 bridgehead atoms. The van der Waals surface area contributed by atoms with Crippen molar-refractivity contribution in [1.29, 1.82) is 0 Å². The molecule has 0 aliphatic carbocycles. The molecule has 0 radical (unpaired) electrons. The molecule has 0 spiro atoms. The summed E-state index contributed by atoms with van der Waals surface area (Å²) in [6.07, 6.45) is 0. The topological polar surface area (TPSA) is 33.1 Å². The maximum atomic E-state index is 9.53. The summed E-state index contributed by atoms with van der Waals surface area (Å²) in [6, 6.07) is 19.8. The van der Waals surface area contributed by atoms with Gasteiger partial charge in [-0.3, -0.25) is 0 Å². The molecule has 0 unspecified atom stereocenters. The highest BCUT2D eigenvalue weighted by Gasteiger charge is 2.07. The molecular formula is C18H13Br2NO. The van der Waals surface area contributed by atoms with E-state index in [0.717, 1.165) is 37.0 Å². The molecule has 3 aromatic rings. The molecule has 0 saturated carbocycles. The van der Waals surface area contributed by atoms with Crippen LogP contribution >= 0.6 is 31.9 Å². The third-order valence-electron chi connectivity index (χ3n) is 3.35. The van der Waals surface area contributed by atoms with Gasteiger partial charge >= 0.3 is 0 Å². The second kappa shape index (κ2) is 6.73. The molecule has 0 fully saturated rings. The predicted octanol–water partition coefficient (Wildman–Crippen LogP) is 5.43. The summed E-state index contributed by atoms with van der Waals surface area (Å²) in [5, 5.41) is 9.53. The van der Waals surface area contributed by atoms with Crippen LogP contribution < -0.4 is 0 Å². The molecule has 110 valence electrons. The van der Waals surface area contributed by atoms with E-state index in [1.165, 1.54) is 0 Å². The van der Waals surface area contributed by atoms with Crippen molar-refractivity contribution in [3.63, 3.8) is 0 Å². The Hall–Kier alpha value is -1.49. The summed E-state index contributed by atoms with van der Waals surface area (Å²) in [5.41, 5.74) is 4.62. The van der Waals surface area contributed by atoms with Crippen molar-refractivity contribution in [2.24, 2.45) is 0 Å². The van der Waals surface area contributed by atoms with Crippen LogP contribution in [0.5, 0.6) is 0 Å². The standard InChI is InChI=1S/C18H13Br2NO/c19-15-5-1-13(2-6-15)17-9-12(11-22)10-18(21-17)14-3-7-16(20)8-4-14/h1-10,22H,11H2. The van der Waals surface area contributed by atoms with Gasteiger partial charge in [0.1, 0.15) is 0 Å². The van der Waals surface area contributed by atoms with Crippen LogP contribution in [0.3, 0.4) is 0 Å². The molecular weight excluding hydrogens is 406 g/mol. The Morgan fingerprint density at radius 2 is 1.14 bits per heavy atom. The molecule has 1 heterocycles. The monoisotopic (exact) mass is 417 g/mol. The highest BCUT2D eigenvalue weighted by molar-refractivity contribution is 9.10. The lowest BCUT2D eigenvalue weighted by Gasteiger charge is -2.09. The second-order valence-electron chi connectivity index (χ2n) is 4.92. The number of halogens is 2. The van der Waals surface area contributed by atoms with Gasteiger partial charge in [0.05, 0.1) is 18.0 Å². The van der Waals surface area contributed by atoms with Gasteiger partial charge in [0, 0.05) is 20.1 Å². The first-order valence-electron chi connectivity index (χ1n) is 6.79. The number of hydrogen-bond acceptors (Lipinski definition) is 2. The van der Waals surface area contributed by atoms with Crippen LogP contribution in [-0.4, -0.2) is 10.1 Å². The first-order chi connectivity index (χ1) is 10.7. The van der Waals surface area contributed by atoms with Gasteiger partial charge in [-0.15, -0.1) is 0 Å². The Bertz CT molecular complexity index is 719. The van der Waals surface area contributed by atoms with Gasteiger partial charge in [-0.1, -0.05) is 56.1 Å². The third-order valence-corrected chi connectivity index (χ3v) is 4.41. The van der Waals surface area contributed by atoms with Crippen molar-refractivity contribution in [3.05, 3.63) is 75.2 Å². The molecule has 1 aromatic heterocycles. The number of benzene rings is 2. The van der Waals surface area contributed by atoms with E-state index in [9.17, 15) is 5.11 Å². The Morgan fingerprint density at radius 3 is 1.50 bits per heavy atom. The van der Waals surface area contributed by atoms with E-state index in [2.05, 4.69) is 31.9 Å². The quantitative estimate of drug-likeness (QED) is 0.614. The average molecular weight is 419 g/mol. The first kappa shape index (κ1) is 15.4. The Labute approximate surface area is 146 Å². The molecule has 0 aliphatic heterocycles. The van der Waals surface area contributed by atoms with Gasteiger partial charge in [0.25, 0.3) is 0 Å². The van der Waals surface area contributed by atoms with E-state index in [-0.39, 0.29) is 6.61 Å². The fourth-order valence-corrected chi connectivity index (χ4v) is 2.74. The SMILES string of the molecule is OCc1cc(-c2ccc(Br)cc2)nc(-c2ccc(Br)cc2)c1. The average Bonchev–Trinajstić information content (AvgIpc) is 2.55. The van der Waals surface area contributed by atoms with Crippen molar-refractivity contribution in [1.82, 2.24) is 4.98 Å². The zero-order valence-corrected chi connectivity index (χ0v) is 14.8. The molecule has 4 heteroatoms. The summed E-state index contributed by atoms with van der Waals surface area (Å²) < 4.78 is 2.06. The Morgan fingerprint density at radius 1 is 0.727 bits per heavy atom. The van der Waals surface area contributed by atoms with Crippen LogP contribution in [0, 0.1) is 0 Å². The molecule has 0 aliphatic rings. The fourth-order valence-electron chi connectivity index (χ4n) is 2.22. The summed E-state index contributed by atoms with van der Waals surface area (Å²) in [5.74, 6) is 0. The van der Waals surface area contributed by atoms with Crippen molar-refractivity contribution in [2.75, 3.05) is 0 Å². The van der Waals surface area contributed by atoms with Crippen LogP contribution in [0.4, 0.5) is 0 Å². The van der Waals surface area contributed by atoms with E-state index < -0.39 is 0 Å². The number of aliphatic hydroxyl groups is 1. The number of rotatable bonds is 3. The molecule has 0 amide bonds. The zero-order valence-electron chi connectivity index (χ0n) is 11.6. The van der Waals surface area contributed by atoms with Crippen molar-refractivity contribution in [2.45, 2.75) is 6.61 Å². The van der Waals surface area contributed by atoms with Gasteiger partial charge < -0.3 is 5.11 Å². The first-order valence-corrected chi connectivity index (χ1v) is 8.38. The van der Waals surface area contributed by atoms with Gasteiger partial charge in [-0.25, -0.2) is 4.98 Å². The summed E-state index contributed by atoms with van der Waals surface area (Å²) in [6.45, 7) is -0.00439. The van der Waals surface area contributed by atoms with Gasteiger partial charge in [-0.2, -0.15) is 0 Å². The highest BCUT2D eigenvalue weighted by Crippen LogP contribution is 2.26.